The number of ether oxygens (including phenoxy) is 1. The molecule has 0 atom stereocenters. The average molecular weight is 314 g/mol. The van der Waals surface area contributed by atoms with Crippen LogP contribution in [-0.2, 0) is 0 Å². The van der Waals surface area contributed by atoms with Crippen molar-refractivity contribution in [3.05, 3.63) is 50.7 Å². The minimum absolute atomic E-state index is 0.0592. The van der Waals surface area contributed by atoms with Gasteiger partial charge < -0.3 is 4.74 Å². The van der Waals surface area contributed by atoms with Gasteiger partial charge in [0, 0.05) is 17.0 Å². The summed E-state index contributed by atoms with van der Waals surface area (Å²) in [5.74, 6) is -0.345. The van der Waals surface area contributed by atoms with Crippen molar-refractivity contribution in [3.63, 3.8) is 0 Å². The molecule has 5 heteroatoms. The number of rotatable bonds is 3. The quantitative estimate of drug-likeness (QED) is 0.695. The van der Waals surface area contributed by atoms with Gasteiger partial charge in [-0.3, -0.25) is 14.4 Å². The number of benzene rings is 1. The number of hydrogen-bond acceptors (Lipinski definition) is 5. The van der Waals surface area contributed by atoms with Crippen LogP contribution in [-0.4, -0.2) is 24.5 Å². The fraction of sp³-hybridized carbons (Fsp3) is 0.235. The van der Waals surface area contributed by atoms with E-state index in [9.17, 15) is 14.4 Å². The third kappa shape index (κ3) is 2.01. The second-order valence-corrected chi connectivity index (χ2v) is 6.47. The predicted octanol–water partition coefficient (Wildman–Crippen LogP) is 3.37. The zero-order chi connectivity index (χ0) is 16.0. The van der Waals surface area contributed by atoms with Gasteiger partial charge in [-0.1, -0.05) is 26.0 Å². The lowest BCUT2D eigenvalue weighted by Gasteiger charge is -2.16. The molecular formula is C17H14O4S. The number of carbonyl (C=O) groups is 3. The highest BCUT2D eigenvalue weighted by molar-refractivity contribution is 7.16. The molecule has 0 fully saturated rings. The van der Waals surface area contributed by atoms with E-state index >= 15 is 0 Å². The van der Waals surface area contributed by atoms with E-state index in [1.165, 1.54) is 7.11 Å². The molecule has 0 aliphatic heterocycles. The molecule has 0 saturated carbocycles. The predicted molar refractivity (Wildman–Crippen MR) is 83.3 cm³/mol. The first-order chi connectivity index (χ1) is 10.5. The maximum absolute atomic E-state index is 12.7. The number of hydrogen-bond donors (Lipinski definition) is 0. The molecule has 112 valence electrons. The summed E-state index contributed by atoms with van der Waals surface area (Å²) in [6.45, 7) is 3.59. The first-order valence-corrected chi connectivity index (χ1v) is 7.71. The Morgan fingerprint density at radius 1 is 1.14 bits per heavy atom. The Morgan fingerprint density at radius 3 is 2.50 bits per heavy atom. The van der Waals surface area contributed by atoms with E-state index in [2.05, 4.69) is 0 Å². The molecule has 0 bridgehead atoms. The zero-order valence-electron chi connectivity index (χ0n) is 12.4. The van der Waals surface area contributed by atoms with E-state index in [1.807, 2.05) is 0 Å². The summed E-state index contributed by atoms with van der Waals surface area (Å²) in [6, 6.07) is 6.50. The number of fused-ring (bicyclic) bond motifs is 2. The molecule has 0 saturated heterocycles. The monoisotopic (exact) mass is 314 g/mol. The Kier molecular flexibility index (Phi) is 3.45. The summed E-state index contributed by atoms with van der Waals surface area (Å²) in [4.78, 5) is 38.2. The minimum atomic E-state index is -0.255. The summed E-state index contributed by atoms with van der Waals surface area (Å²) in [5, 5.41) is 0. The summed E-state index contributed by atoms with van der Waals surface area (Å²) >= 11 is 1.09. The van der Waals surface area contributed by atoms with Crippen molar-refractivity contribution in [1.82, 2.24) is 0 Å². The molecule has 1 aliphatic rings. The highest BCUT2D eigenvalue weighted by atomic mass is 32.1. The summed E-state index contributed by atoms with van der Waals surface area (Å²) in [6.07, 6.45) is 0. The molecule has 4 nitrogen and oxygen atoms in total. The molecule has 22 heavy (non-hydrogen) atoms. The SMILES string of the molecule is COc1cccc2c1C(=O)c1sc(C(=O)C(C)C)cc1C2=O. The Morgan fingerprint density at radius 2 is 1.86 bits per heavy atom. The summed E-state index contributed by atoms with van der Waals surface area (Å²) in [5.41, 5.74) is 0.936. The number of ketones is 3. The van der Waals surface area contributed by atoms with Crippen molar-refractivity contribution in [2.24, 2.45) is 5.92 Å². The molecule has 1 aromatic heterocycles. The largest absolute Gasteiger partial charge is 0.496 e. The average Bonchev–Trinajstić information content (AvgIpc) is 2.96. The van der Waals surface area contributed by atoms with Crippen LogP contribution in [0.4, 0.5) is 0 Å². The molecule has 0 unspecified atom stereocenters. The lowest BCUT2D eigenvalue weighted by Crippen LogP contribution is -2.19. The van der Waals surface area contributed by atoms with Gasteiger partial charge in [-0.05, 0) is 12.1 Å². The highest BCUT2D eigenvalue weighted by Gasteiger charge is 2.35. The van der Waals surface area contributed by atoms with E-state index in [0.717, 1.165) is 11.3 Å². The maximum atomic E-state index is 12.7. The molecule has 0 spiro atoms. The molecule has 2 aromatic rings. The van der Waals surface area contributed by atoms with Crippen molar-refractivity contribution >= 4 is 28.7 Å². The lowest BCUT2D eigenvalue weighted by atomic mass is 9.88. The van der Waals surface area contributed by atoms with Gasteiger partial charge in [-0.2, -0.15) is 0 Å². The van der Waals surface area contributed by atoms with Crippen LogP contribution in [0, 0.1) is 5.92 Å². The minimum Gasteiger partial charge on any atom is -0.496 e. The van der Waals surface area contributed by atoms with Crippen LogP contribution < -0.4 is 4.74 Å². The normalized spacial score (nSPS) is 13.1. The molecule has 0 amide bonds. The third-order valence-electron chi connectivity index (χ3n) is 3.67. The van der Waals surface area contributed by atoms with Gasteiger partial charge in [0.2, 0.25) is 5.78 Å². The topological polar surface area (TPSA) is 60.4 Å². The van der Waals surface area contributed by atoms with Gasteiger partial charge in [-0.25, -0.2) is 0 Å². The van der Waals surface area contributed by atoms with Crippen LogP contribution in [0.2, 0.25) is 0 Å². The Hall–Kier alpha value is -2.27. The maximum Gasteiger partial charge on any atom is 0.208 e. The van der Waals surface area contributed by atoms with Crippen LogP contribution in [0.1, 0.15) is 54.7 Å². The van der Waals surface area contributed by atoms with E-state index in [0.29, 0.717) is 26.6 Å². The second kappa shape index (κ2) is 5.18. The standard InChI is InChI=1S/C17H14O4S/c1-8(2)14(18)12-7-10-15(19)9-5-4-6-11(21-3)13(9)16(20)17(10)22-12/h4-8H,1-3H3. The first-order valence-electron chi connectivity index (χ1n) is 6.90. The van der Waals surface area contributed by atoms with E-state index in [1.54, 1.807) is 38.1 Å². The Bertz CT molecular complexity index is 814. The first kappa shape index (κ1) is 14.7. The van der Waals surface area contributed by atoms with Gasteiger partial charge in [-0.15, -0.1) is 11.3 Å². The molecular weight excluding hydrogens is 300 g/mol. The molecule has 0 N–H and O–H groups in total. The zero-order valence-corrected chi connectivity index (χ0v) is 13.2. The van der Waals surface area contributed by atoms with Crippen molar-refractivity contribution < 1.29 is 19.1 Å². The van der Waals surface area contributed by atoms with Crippen molar-refractivity contribution in [1.29, 1.82) is 0 Å². The number of thiophene rings is 1. The number of Topliss-reactive ketones (excluding diaryl/α,β-unsaturated/α-hetero) is 1. The van der Waals surface area contributed by atoms with Gasteiger partial charge in [0.1, 0.15) is 5.75 Å². The molecule has 1 aromatic carbocycles. The van der Waals surface area contributed by atoms with Crippen LogP contribution in [0.3, 0.4) is 0 Å². The van der Waals surface area contributed by atoms with Crippen molar-refractivity contribution in [3.8, 4) is 5.75 Å². The Balaban J connectivity index is 2.19. The fourth-order valence-corrected chi connectivity index (χ4v) is 3.71. The van der Waals surface area contributed by atoms with Gasteiger partial charge in [0.15, 0.2) is 11.6 Å². The molecule has 1 aliphatic carbocycles. The van der Waals surface area contributed by atoms with Crippen LogP contribution in [0.5, 0.6) is 5.75 Å². The van der Waals surface area contributed by atoms with E-state index in [4.69, 9.17) is 4.74 Å². The van der Waals surface area contributed by atoms with E-state index < -0.39 is 0 Å². The van der Waals surface area contributed by atoms with Gasteiger partial charge in [0.05, 0.1) is 22.4 Å². The number of carbonyl (C=O) groups excluding carboxylic acids is 3. The smallest absolute Gasteiger partial charge is 0.208 e. The van der Waals surface area contributed by atoms with E-state index in [-0.39, 0.29) is 28.8 Å². The molecule has 3 rings (SSSR count). The molecule has 1 heterocycles. The van der Waals surface area contributed by atoms with Crippen molar-refractivity contribution in [2.75, 3.05) is 7.11 Å². The van der Waals surface area contributed by atoms with Gasteiger partial charge in [0.25, 0.3) is 0 Å². The summed E-state index contributed by atoms with van der Waals surface area (Å²) < 4.78 is 5.20. The Labute approximate surface area is 131 Å². The second-order valence-electron chi connectivity index (χ2n) is 5.41. The van der Waals surface area contributed by atoms with Crippen LogP contribution in [0.15, 0.2) is 24.3 Å². The van der Waals surface area contributed by atoms with Crippen LogP contribution in [0.25, 0.3) is 0 Å². The third-order valence-corrected chi connectivity index (χ3v) is 4.82. The van der Waals surface area contributed by atoms with Gasteiger partial charge >= 0.3 is 0 Å². The van der Waals surface area contributed by atoms with Crippen molar-refractivity contribution in [2.45, 2.75) is 13.8 Å². The molecule has 0 radical (unpaired) electrons. The lowest BCUT2D eigenvalue weighted by molar-refractivity contribution is 0.0943. The van der Waals surface area contributed by atoms with Crippen LogP contribution >= 0.6 is 11.3 Å². The fourth-order valence-electron chi connectivity index (χ4n) is 2.52. The highest BCUT2D eigenvalue weighted by Crippen LogP contribution is 2.37. The summed E-state index contributed by atoms with van der Waals surface area (Å²) in [7, 11) is 1.46. The number of methoxy groups -OCH3 is 1.